The number of carbonyl (C=O) groups excluding carboxylic acids is 1. The highest BCUT2D eigenvalue weighted by Crippen LogP contribution is 2.25. The topological polar surface area (TPSA) is 90.9 Å². The van der Waals surface area contributed by atoms with Crippen LogP contribution in [0.25, 0.3) is 0 Å². The van der Waals surface area contributed by atoms with Crippen molar-refractivity contribution in [2.75, 3.05) is 16.4 Å². The van der Waals surface area contributed by atoms with E-state index in [1.54, 1.807) is 24.3 Å². The molecule has 0 radical (unpaired) electrons. The fourth-order valence-corrected chi connectivity index (χ4v) is 1.96. The summed E-state index contributed by atoms with van der Waals surface area (Å²) in [5, 5.41) is 14.2. The molecule has 0 aliphatic rings. The van der Waals surface area contributed by atoms with Crippen LogP contribution in [0.5, 0.6) is 0 Å². The fourth-order valence-electron chi connectivity index (χ4n) is 1.96. The van der Waals surface area contributed by atoms with Gasteiger partial charge in [-0.05, 0) is 55.3 Å². The lowest BCUT2D eigenvalue weighted by atomic mass is 10.1. The lowest BCUT2D eigenvalue weighted by Gasteiger charge is -2.14. The molecule has 0 saturated carbocycles. The molecular formula is C16H16N4O. The zero-order valence-electron chi connectivity index (χ0n) is 11.9. The van der Waals surface area contributed by atoms with Crippen molar-refractivity contribution in [3.05, 3.63) is 53.1 Å². The van der Waals surface area contributed by atoms with Gasteiger partial charge in [0.2, 0.25) is 0 Å². The minimum absolute atomic E-state index is 0.350. The Hall–Kier alpha value is -3.00. The zero-order chi connectivity index (χ0) is 15.4. The number of rotatable bonds is 2. The molecule has 2 rings (SSSR count). The molecule has 0 fully saturated rings. The third kappa shape index (κ3) is 3.31. The van der Waals surface area contributed by atoms with E-state index in [4.69, 9.17) is 11.0 Å². The van der Waals surface area contributed by atoms with Gasteiger partial charge in [0.25, 0.3) is 0 Å². The van der Waals surface area contributed by atoms with E-state index in [0.717, 1.165) is 11.1 Å². The van der Waals surface area contributed by atoms with Gasteiger partial charge in [0, 0.05) is 11.4 Å². The first-order valence-corrected chi connectivity index (χ1v) is 6.45. The van der Waals surface area contributed by atoms with Crippen molar-refractivity contribution < 1.29 is 4.79 Å². The van der Waals surface area contributed by atoms with Gasteiger partial charge in [-0.25, -0.2) is 4.79 Å². The largest absolute Gasteiger partial charge is 0.398 e. The van der Waals surface area contributed by atoms with E-state index in [-0.39, 0.29) is 6.03 Å². The summed E-state index contributed by atoms with van der Waals surface area (Å²) in [5.41, 5.74) is 10.1. The second-order valence-corrected chi connectivity index (χ2v) is 4.74. The van der Waals surface area contributed by atoms with E-state index < -0.39 is 0 Å². The van der Waals surface area contributed by atoms with Gasteiger partial charge >= 0.3 is 6.03 Å². The van der Waals surface area contributed by atoms with Crippen molar-refractivity contribution in [3.63, 3.8) is 0 Å². The number of anilines is 3. The molecule has 0 atom stereocenters. The molecule has 0 unspecified atom stereocenters. The molecule has 5 heteroatoms. The van der Waals surface area contributed by atoms with E-state index in [1.165, 1.54) is 0 Å². The van der Waals surface area contributed by atoms with Gasteiger partial charge in [0.1, 0.15) is 0 Å². The van der Waals surface area contributed by atoms with Crippen LogP contribution in [-0.4, -0.2) is 6.03 Å². The summed E-state index contributed by atoms with van der Waals surface area (Å²) >= 11 is 0. The summed E-state index contributed by atoms with van der Waals surface area (Å²) in [6.45, 7) is 3.77. The van der Waals surface area contributed by atoms with Crippen LogP contribution in [0.4, 0.5) is 21.9 Å². The van der Waals surface area contributed by atoms with Crippen molar-refractivity contribution in [1.29, 1.82) is 5.26 Å². The smallest absolute Gasteiger partial charge is 0.323 e. The molecule has 0 heterocycles. The van der Waals surface area contributed by atoms with Crippen LogP contribution in [0.3, 0.4) is 0 Å². The number of hydrogen-bond donors (Lipinski definition) is 3. The Bertz CT molecular complexity index is 714. The van der Waals surface area contributed by atoms with Crippen LogP contribution in [-0.2, 0) is 0 Å². The molecule has 2 aromatic rings. The summed E-state index contributed by atoms with van der Waals surface area (Å²) < 4.78 is 0. The van der Waals surface area contributed by atoms with Gasteiger partial charge in [0.05, 0.1) is 17.3 Å². The average molecular weight is 280 g/mol. The standard InChI is InChI=1S/C16H16N4O/c1-10-3-8-14(18)11(2)15(10)20-16(21)19-13-6-4-12(9-17)5-7-13/h3-8H,18H2,1-2H3,(H2,19,20,21). The first-order valence-electron chi connectivity index (χ1n) is 6.45. The average Bonchev–Trinajstić information content (AvgIpc) is 2.48. The summed E-state index contributed by atoms with van der Waals surface area (Å²) in [4.78, 5) is 12.0. The molecule has 5 nitrogen and oxygen atoms in total. The Kier molecular flexibility index (Phi) is 4.10. The highest BCUT2D eigenvalue weighted by Gasteiger charge is 2.09. The Labute approximate surface area is 123 Å². The maximum atomic E-state index is 12.0. The van der Waals surface area contributed by atoms with Crippen molar-refractivity contribution in [2.24, 2.45) is 0 Å². The molecule has 21 heavy (non-hydrogen) atoms. The minimum Gasteiger partial charge on any atom is -0.398 e. The summed E-state index contributed by atoms with van der Waals surface area (Å²) in [7, 11) is 0. The molecule has 0 aliphatic carbocycles. The number of aryl methyl sites for hydroxylation is 1. The summed E-state index contributed by atoms with van der Waals surface area (Å²) in [5.74, 6) is 0. The lowest BCUT2D eigenvalue weighted by molar-refractivity contribution is 0.262. The molecule has 0 aliphatic heterocycles. The zero-order valence-corrected chi connectivity index (χ0v) is 11.9. The summed E-state index contributed by atoms with van der Waals surface area (Å²) in [6, 6.07) is 12.0. The first kappa shape index (κ1) is 14.4. The maximum Gasteiger partial charge on any atom is 0.323 e. The molecule has 0 bridgehead atoms. The van der Waals surface area contributed by atoms with Crippen LogP contribution in [0.1, 0.15) is 16.7 Å². The van der Waals surface area contributed by atoms with Gasteiger partial charge in [-0.15, -0.1) is 0 Å². The van der Waals surface area contributed by atoms with Gasteiger partial charge in [-0.2, -0.15) is 5.26 Å². The molecule has 0 saturated heterocycles. The molecule has 2 aromatic carbocycles. The molecule has 4 N–H and O–H groups in total. The van der Waals surface area contributed by atoms with Gasteiger partial charge in [-0.1, -0.05) is 6.07 Å². The number of nitrogens with two attached hydrogens (primary N) is 1. The number of hydrogen-bond acceptors (Lipinski definition) is 3. The lowest BCUT2D eigenvalue weighted by Crippen LogP contribution is -2.20. The van der Waals surface area contributed by atoms with Gasteiger partial charge < -0.3 is 16.4 Å². The predicted octanol–water partition coefficient (Wildman–Crippen LogP) is 3.40. The van der Waals surface area contributed by atoms with Gasteiger partial charge in [0.15, 0.2) is 0 Å². The number of nitrogen functional groups attached to an aromatic ring is 1. The fraction of sp³-hybridized carbons (Fsp3) is 0.125. The Morgan fingerprint density at radius 2 is 1.76 bits per heavy atom. The highest BCUT2D eigenvalue weighted by atomic mass is 16.2. The minimum atomic E-state index is -0.350. The summed E-state index contributed by atoms with van der Waals surface area (Å²) in [6.07, 6.45) is 0. The molecule has 2 amide bonds. The number of nitrogens with one attached hydrogen (secondary N) is 2. The Balaban J connectivity index is 2.12. The van der Waals surface area contributed by atoms with Crippen molar-refractivity contribution in [3.8, 4) is 6.07 Å². The number of urea groups is 1. The quantitative estimate of drug-likeness (QED) is 0.736. The number of nitriles is 1. The van der Waals surface area contributed by atoms with Crippen molar-refractivity contribution in [2.45, 2.75) is 13.8 Å². The number of amides is 2. The SMILES string of the molecule is Cc1ccc(N)c(C)c1NC(=O)Nc1ccc(C#N)cc1. The van der Waals surface area contributed by atoms with Gasteiger partial charge in [-0.3, -0.25) is 0 Å². The van der Waals surface area contributed by atoms with Crippen molar-refractivity contribution in [1.82, 2.24) is 0 Å². The van der Waals surface area contributed by atoms with Crippen LogP contribution >= 0.6 is 0 Å². The van der Waals surface area contributed by atoms with E-state index in [9.17, 15) is 4.79 Å². The molecule has 0 aromatic heterocycles. The third-order valence-electron chi connectivity index (χ3n) is 3.23. The van der Waals surface area contributed by atoms with Crippen LogP contribution in [0.15, 0.2) is 36.4 Å². The van der Waals surface area contributed by atoms with Crippen LogP contribution in [0, 0.1) is 25.2 Å². The maximum absolute atomic E-state index is 12.0. The third-order valence-corrected chi connectivity index (χ3v) is 3.23. The number of carbonyl (C=O) groups is 1. The molecular weight excluding hydrogens is 264 g/mol. The van der Waals surface area contributed by atoms with E-state index in [0.29, 0.717) is 22.6 Å². The molecule has 106 valence electrons. The van der Waals surface area contributed by atoms with Crippen LogP contribution in [0.2, 0.25) is 0 Å². The van der Waals surface area contributed by atoms with Crippen molar-refractivity contribution >= 4 is 23.1 Å². The predicted molar refractivity (Wildman–Crippen MR) is 84.1 cm³/mol. The second kappa shape index (κ2) is 5.97. The van der Waals surface area contributed by atoms with E-state index >= 15 is 0 Å². The molecule has 0 spiro atoms. The number of nitrogens with zero attached hydrogens (tertiary/aromatic N) is 1. The monoisotopic (exact) mass is 280 g/mol. The van der Waals surface area contributed by atoms with Crippen LogP contribution < -0.4 is 16.4 Å². The first-order chi connectivity index (χ1) is 10.0. The van der Waals surface area contributed by atoms with E-state index in [1.807, 2.05) is 32.0 Å². The second-order valence-electron chi connectivity index (χ2n) is 4.74. The highest BCUT2D eigenvalue weighted by molar-refractivity contribution is 6.01. The normalized spacial score (nSPS) is 9.76. The number of benzene rings is 2. The Morgan fingerprint density at radius 1 is 1.10 bits per heavy atom. The van der Waals surface area contributed by atoms with E-state index in [2.05, 4.69) is 10.6 Å². The Morgan fingerprint density at radius 3 is 2.38 bits per heavy atom.